The summed E-state index contributed by atoms with van der Waals surface area (Å²) in [5.74, 6) is 0.840. The summed E-state index contributed by atoms with van der Waals surface area (Å²) in [6, 6.07) is 0.259. The van der Waals surface area contributed by atoms with Gasteiger partial charge in [0, 0.05) is 18.0 Å². The average Bonchev–Trinajstić information content (AvgIpc) is 2.27. The molecule has 0 aromatic rings. The first-order valence-electron chi connectivity index (χ1n) is 7.50. The maximum atomic E-state index is 12.5. The smallest absolute Gasteiger partial charge is 0.226 e. The fourth-order valence-electron chi connectivity index (χ4n) is 2.75. The van der Waals surface area contributed by atoms with Crippen LogP contribution in [0.3, 0.4) is 0 Å². The molecular formula is C15H31N3O. The number of carbonyl (C=O) groups excluding carboxylic acids is 1. The van der Waals surface area contributed by atoms with E-state index in [1.807, 2.05) is 0 Å². The van der Waals surface area contributed by atoms with Crippen molar-refractivity contribution < 1.29 is 4.79 Å². The molecule has 112 valence electrons. The maximum Gasteiger partial charge on any atom is 0.226 e. The summed E-state index contributed by atoms with van der Waals surface area (Å²) in [5.41, 5.74) is -0.188. The number of hydrogen-bond donors (Lipinski definition) is 2. The Bertz CT molecular complexity index is 273. The highest BCUT2D eigenvalue weighted by atomic mass is 16.2. The van der Waals surface area contributed by atoms with Crippen molar-refractivity contribution in [2.75, 3.05) is 33.7 Å². The van der Waals surface area contributed by atoms with Crippen LogP contribution in [0.15, 0.2) is 0 Å². The number of carbonyl (C=O) groups is 1. The molecule has 1 aliphatic rings. The molecule has 1 aliphatic heterocycles. The van der Waals surface area contributed by atoms with Crippen LogP contribution in [0.4, 0.5) is 0 Å². The van der Waals surface area contributed by atoms with Gasteiger partial charge in [-0.1, -0.05) is 20.8 Å². The van der Waals surface area contributed by atoms with Crippen LogP contribution in [0, 0.1) is 11.3 Å². The van der Waals surface area contributed by atoms with Gasteiger partial charge in [0.15, 0.2) is 0 Å². The molecule has 0 spiro atoms. The van der Waals surface area contributed by atoms with Crippen LogP contribution in [-0.2, 0) is 4.79 Å². The Morgan fingerprint density at radius 2 is 1.89 bits per heavy atom. The Morgan fingerprint density at radius 1 is 1.32 bits per heavy atom. The third-order valence-corrected chi connectivity index (χ3v) is 3.93. The average molecular weight is 269 g/mol. The van der Waals surface area contributed by atoms with Crippen LogP contribution in [0.2, 0.25) is 0 Å². The van der Waals surface area contributed by atoms with Gasteiger partial charge >= 0.3 is 0 Å². The van der Waals surface area contributed by atoms with E-state index in [1.165, 1.54) is 0 Å². The van der Waals surface area contributed by atoms with E-state index in [0.29, 0.717) is 5.92 Å². The van der Waals surface area contributed by atoms with Gasteiger partial charge in [-0.3, -0.25) is 4.79 Å². The molecule has 1 heterocycles. The lowest BCUT2D eigenvalue weighted by Crippen LogP contribution is -2.51. The second-order valence-electron chi connectivity index (χ2n) is 6.87. The van der Waals surface area contributed by atoms with Gasteiger partial charge in [0.05, 0.1) is 0 Å². The first-order chi connectivity index (χ1) is 8.83. The predicted molar refractivity (Wildman–Crippen MR) is 80.2 cm³/mol. The molecule has 1 unspecified atom stereocenters. The molecule has 4 heteroatoms. The highest BCUT2D eigenvalue weighted by Crippen LogP contribution is 2.28. The third-order valence-electron chi connectivity index (χ3n) is 3.93. The van der Waals surface area contributed by atoms with Gasteiger partial charge in [0.25, 0.3) is 0 Å². The normalized spacial score (nSPS) is 20.6. The van der Waals surface area contributed by atoms with E-state index >= 15 is 0 Å². The Morgan fingerprint density at radius 3 is 2.37 bits per heavy atom. The van der Waals surface area contributed by atoms with Gasteiger partial charge in [-0.2, -0.15) is 0 Å². The number of nitrogens with one attached hydrogen (secondary N) is 2. The molecule has 0 radical (unpaired) electrons. The van der Waals surface area contributed by atoms with Crippen LogP contribution in [0.25, 0.3) is 0 Å². The highest BCUT2D eigenvalue weighted by molar-refractivity contribution is 5.82. The van der Waals surface area contributed by atoms with Gasteiger partial charge in [-0.15, -0.1) is 0 Å². The van der Waals surface area contributed by atoms with Crippen molar-refractivity contribution in [1.29, 1.82) is 0 Å². The molecule has 0 saturated carbocycles. The predicted octanol–water partition coefficient (Wildman–Crippen LogP) is 1.47. The van der Waals surface area contributed by atoms with Gasteiger partial charge in [-0.05, 0) is 52.4 Å². The zero-order valence-electron chi connectivity index (χ0n) is 13.3. The Labute approximate surface area is 118 Å². The summed E-state index contributed by atoms with van der Waals surface area (Å²) in [6.07, 6.45) is 2.92. The molecule has 1 rings (SSSR count). The Hall–Kier alpha value is -0.610. The van der Waals surface area contributed by atoms with Crippen LogP contribution < -0.4 is 10.6 Å². The molecule has 1 atom stereocenters. The number of likely N-dealkylation sites (N-methyl/N-ethyl adjacent to an activating group) is 1. The van der Waals surface area contributed by atoms with Crippen molar-refractivity contribution in [3.05, 3.63) is 0 Å². The van der Waals surface area contributed by atoms with Gasteiger partial charge < -0.3 is 15.5 Å². The van der Waals surface area contributed by atoms with Crippen LogP contribution in [0.1, 0.15) is 40.0 Å². The minimum atomic E-state index is -0.188. The Kier molecular flexibility index (Phi) is 6.27. The van der Waals surface area contributed by atoms with Gasteiger partial charge in [-0.25, -0.2) is 0 Å². The van der Waals surface area contributed by atoms with E-state index in [4.69, 9.17) is 0 Å². The molecule has 1 fully saturated rings. The van der Waals surface area contributed by atoms with Crippen molar-refractivity contribution in [3.8, 4) is 0 Å². The molecule has 0 aliphatic carbocycles. The summed E-state index contributed by atoms with van der Waals surface area (Å²) in [4.78, 5) is 14.7. The largest absolute Gasteiger partial charge is 0.352 e. The van der Waals surface area contributed by atoms with Crippen LogP contribution >= 0.6 is 0 Å². The van der Waals surface area contributed by atoms with Crippen molar-refractivity contribution >= 4 is 5.91 Å². The van der Waals surface area contributed by atoms with Crippen LogP contribution in [0.5, 0.6) is 0 Å². The number of piperidine rings is 1. The highest BCUT2D eigenvalue weighted by Gasteiger charge is 2.35. The first kappa shape index (κ1) is 16.4. The molecule has 1 amide bonds. The number of rotatable bonds is 6. The van der Waals surface area contributed by atoms with Crippen molar-refractivity contribution in [2.24, 2.45) is 11.3 Å². The quantitative estimate of drug-likeness (QED) is 0.767. The van der Waals surface area contributed by atoms with E-state index in [1.54, 1.807) is 0 Å². The molecule has 2 N–H and O–H groups in total. The zero-order chi connectivity index (χ0) is 14.5. The topological polar surface area (TPSA) is 44.4 Å². The van der Waals surface area contributed by atoms with Crippen molar-refractivity contribution in [1.82, 2.24) is 15.5 Å². The summed E-state index contributed by atoms with van der Waals surface area (Å²) in [7, 11) is 4.12. The van der Waals surface area contributed by atoms with E-state index in [2.05, 4.69) is 50.4 Å². The molecular weight excluding hydrogens is 238 g/mol. The Balaban J connectivity index is 2.58. The second kappa shape index (κ2) is 7.25. The second-order valence-corrected chi connectivity index (χ2v) is 6.87. The fraction of sp³-hybridized carbons (Fsp3) is 0.933. The van der Waals surface area contributed by atoms with E-state index < -0.39 is 0 Å². The zero-order valence-corrected chi connectivity index (χ0v) is 13.3. The van der Waals surface area contributed by atoms with Crippen molar-refractivity contribution in [3.63, 3.8) is 0 Å². The third kappa shape index (κ3) is 5.49. The van der Waals surface area contributed by atoms with Gasteiger partial charge in [0.2, 0.25) is 5.91 Å². The van der Waals surface area contributed by atoms with Crippen molar-refractivity contribution in [2.45, 2.75) is 46.1 Å². The number of amides is 1. The lowest BCUT2D eigenvalue weighted by atomic mass is 9.80. The van der Waals surface area contributed by atoms with Gasteiger partial charge in [0.1, 0.15) is 0 Å². The maximum absolute atomic E-state index is 12.5. The SMILES string of the molecule is CC(C)CC(CN(C)C)NC(=O)C1(C)CCNCC1. The minimum absolute atomic E-state index is 0.188. The van der Waals surface area contributed by atoms with E-state index in [-0.39, 0.29) is 17.4 Å². The molecule has 0 aromatic heterocycles. The lowest BCUT2D eigenvalue weighted by molar-refractivity contribution is -0.132. The molecule has 0 aromatic carbocycles. The molecule has 0 bridgehead atoms. The first-order valence-corrected chi connectivity index (χ1v) is 7.50. The standard InChI is InChI=1S/C15H31N3O/c1-12(2)10-13(11-18(4)5)17-14(19)15(3)6-8-16-9-7-15/h12-13,16H,6-11H2,1-5H3,(H,17,19). The molecule has 1 saturated heterocycles. The summed E-state index contributed by atoms with van der Waals surface area (Å²) in [5, 5.41) is 6.61. The fourth-order valence-corrected chi connectivity index (χ4v) is 2.75. The number of nitrogens with zero attached hydrogens (tertiary/aromatic N) is 1. The van der Waals surface area contributed by atoms with Crippen LogP contribution in [-0.4, -0.2) is 50.6 Å². The molecule has 4 nitrogen and oxygen atoms in total. The summed E-state index contributed by atoms with van der Waals surface area (Å²) >= 11 is 0. The number of hydrogen-bond acceptors (Lipinski definition) is 3. The van der Waals surface area contributed by atoms with E-state index in [9.17, 15) is 4.79 Å². The summed E-state index contributed by atoms with van der Waals surface area (Å²) in [6.45, 7) is 9.34. The monoisotopic (exact) mass is 269 g/mol. The summed E-state index contributed by atoms with van der Waals surface area (Å²) < 4.78 is 0. The minimum Gasteiger partial charge on any atom is -0.352 e. The van der Waals surface area contributed by atoms with E-state index in [0.717, 1.165) is 38.9 Å². The lowest BCUT2D eigenvalue weighted by Gasteiger charge is -2.35. The molecule has 19 heavy (non-hydrogen) atoms.